The average Bonchev–Trinajstić information content (AvgIpc) is 3.04. The summed E-state index contributed by atoms with van der Waals surface area (Å²) in [6.07, 6.45) is 2.70. The lowest BCUT2D eigenvalue weighted by atomic mass is 10.1. The minimum atomic E-state index is -0.190. The van der Waals surface area contributed by atoms with Gasteiger partial charge in [0.1, 0.15) is 5.82 Å². The van der Waals surface area contributed by atoms with Crippen molar-refractivity contribution in [1.29, 1.82) is 0 Å². The Morgan fingerprint density at radius 1 is 1.38 bits per heavy atom. The van der Waals surface area contributed by atoms with Crippen molar-refractivity contribution in [3.8, 4) is 0 Å². The van der Waals surface area contributed by atoms with E-state index in [-0.39, 0.29) is 11.9 Å². The molecule has 0 saturated heterocycles. The zero-order valence-electron chi connectivity index (χ0n) is 12.0. The van der Waals surface area contributed by atoms with Crippen LogP contribution in [-0.2, 0) is 13.5 Å². The Labute approximate surface area is 126 Å². The number of nitrogens with zero attached hydrogens (tertiary/aromatic N) is 3. The molecule has 3 rings (SSSR count). The fraction of sp³-hybridized carbons (Fsp3) is 0.333. The van der Waals surface area contributed by atoms with Crippen LogP contribution in [0.25, 0.3) is 10.1 Å². The molecular weight excluding hydrogens is 287 g/mol. The largest absolute Gasteiger partial charge is 0.309 e. The predicted octanol–water partition coefficient (Wildman–Crippen LogP) is 3.06. The molecule has 6 heteroatoms. The zero-order valence-corrected chi connectivity index (χ0v) is 12.8. The van der Waals surface area contributed by atoms with E-state index in [9.17, 15) is 4.39 Å². The number of rotatable bonds is 5. The number of nitrogens with one attached hydrogen (secondary N) is 1. The van der Waals surface area contributed by atoms with Crippen molar-refractivity contribution in [2.24, 2.45) is 7.05 Å². The van der Waals surface area contributed by atoms with Crippen LogP contribution in [-0.4, -0.2) is 21.5 Å². The summed E-state index contributed by atoms with van der Waals surface area (Å²) in [5.74, 6) is -0.190. The van der Waals surface area contributed by atoms with Gasteiger partial charge in [0.05, 0.1) is 5.69 Å². The average molecular weight is 304 g/mol. The van der Waals surface area contributed by atoms with Crippen molar-refractivity contribution < 1.29 is 4.39 Å². The molecule has 0 bridgehead atoms. The number of hydrogen-bond acceptors (Lipinski definition) is 4. The molecule has 3 aromatic rings. The molecule has 0 aliphatic carbocycles. The van der Waals surface area contributed by atoms with Gasteiger partial charge in [-0.05, 0) is 30.1 Å². The van der Waals surface area contributed by atoms with Gasteiger partial charge >= 0.3 is 0 Å². The SMILES string of the molecule is CCNC(Cc1cn(C)nn1)c1cc2ccc(F)cc2s1. The monoisotopic (exact) mass is 304 g/mol. The zero-order chi connectivity index (χ0) is 14.8. The lowest BCUT2D eigenvalue weighted by Gasteiger charge is -2.14. The second-order valence-electron chi connectivity index (χ2n) is 5.03. The van der Waals surface area contributed by atoms with E-state index >= 15 is 0 Å². The van der Waals surface area contributed by atoms with Crippen LogP contribution in [0.2, 0.25) is 0 Å². The summed E-state index contributed by atoms with van der Waals surface area (Å²) in [6, 6.07) is 7.23. The lowest BCUT2D eigenvalue weighted by molar-refractivity contribution is 0.552. The predicted molar refractivity (Wildman–Crippen MR) is 82.9 cm³/mol. The Morgan fingerprint density at radius 2 is 2.24 bits per heavy atom. The smallest absolute Gasteiger partial charge is 0.124 e. The summed E-state index contributed by atoms with van der Waals surface area (Å²) in [5, 5.41) is 12.7. The minimum Gasteiger partial charge on any atom is -0.309 e. The van der Waals surface area contributed by atoms with E-state index in [4.69, 9.17) is 0 Å². The van der Waals surface area contributed by atoms with Gasteiger partial charge in [-0.3, -0.25) is 4.68 Å². The fourth-order valence-electron chi connectivity index (χ4n) is 2.41. The molecule has 2 heterocycles. The molecule has 0 aliphatic rings. The number of halogens is 1. The molecule has 0 spiro atoms. The molecule has 110 valence electrons. The first-order valence-corrected chi connectivity index (χ1v) is 7.75. The Balaban J connectivity index is 1.90. The fourth-order valence-corrected chi connectivity index (χ4v) is 3.58. The van der Waals surface area contributed by atoms with Gasteiger partial charge in [0, 0.05) is 35.3 Å². The number of likely N-dealkylation sites (N-methyl/N-ethyl adjacent to an activating group) is 1. The van der Waals surface area contributed by atoms with Crippen LogP contribution in [0.3, 0.4) is 0 Å². The molecule has 4 nitrogen and oxygen atoms in total. The number of benzene rings is 1. The molecule has 0 aliphatic heterocycles. The molecule has 0 saturated carbocycles. The topological polar surface area (TPSA) is 42.7 Å². The second kappa shape index (κ2) is 5.91. The van der Waals surface area contributed by atoms with E-state index in [1.165, 1.54) is 10.9 Å². The molecule has 0 amide bonds. The van der Waals surface area contributed by atoms with E-state index in [2.05, 4.69) is 28.6 Å². The maximum atomic E-state index is 13.3. The van der Waals surface area contributed by atoms with Crippen LogP contribution in [0.15, 0.2) is 30.5 Å². The van der Waals surface area contributed by atoms with E-state index in [0.29, 0.717) is 0 Å². The summed E-state index contributed by atoms with van der Waals surface area (Å²) in [6.45, 7) is 2.95. The molecule has 1 atom stereocenters. The van der Waals surface area contributed by atoms with Crippen LogP contribution in [0, 0.1) is 5.82 Å². The maximum absolute atomic E-state index is 13.3. The standard InChI is InChI=1S/C15H17FN4S/c1-3-17-13(8-12-9-20(2)19-18-12)15-6-10-4-5-11(16)7-14(10)21-15/h4-7,9,13,17H,3,8H2,1-2H3. The number of hydrogen-bond donors (Lipinski definition) is 1. The van der Waals surface area contributed by atoms with Gasteiger partial charge in [-0.25, -0.2) is 4.39 Å². The van der Waals surface area contributed by atoms with E-state index in [1.807, 2.05) is 19.3 Å². The first-order chi connectivity index (χ1) is 10.2. The van der Waals surface area contributed by atoms with E-state index < -0.39 is 0 Å². The third kappa shape index (κ3) is 3.11. The summed E-state index contributed by atoms with van der Waals surface area (Å²) in [5.41, 5.74) is 0.951. The molecular formula is C15H17FN4S. The van der Waals surface area contributed by atoms with Crippen molar-refractivity contribution in [3.05, 3.63) is 46.9 Å². The third-order valence-corrected chi connectivity index (χ3v) is 4.57. The van der Waals surface area contributed by atoms with Crippen LogP contribution < -0.4 is 5.32 Å². The number of aryl methyl sites for hydroxylation is 1. The van der Waals surface area contributed by atoms with Crippen LogP contribution in [0.5, 0.6) is 0 Å². The summed E-state index contributed by atoms with van der Waals surface area (Å²) >= 11 is 1.63. The van der Waals surface area contributed by atoms with Gasteiger partial charge in [-0.1, -0.05) is 18.2 Å². The first-order valence-electron chi connectivity index (χ1n) is 6.93. The van der Waals surface area contributed by atoms with Gasteiger partial charge in [0.25, 0.3) is 0 Å². The van der Waals surface area contributed by atoms with Crippen molar-refractivity contribution >= 4 is 21.4 Å². The van der Waals surface area contributed by atoms with Gasteiger partial charge in [0.15, 0.2) is 0 Å². The van der Waals surface area contributed by atoms with Crippen molar-refractivity contribution in [3.63, 3.8) is 0 Å². The quantitative estimate of drug-likeness (QED) is 0.788. The Morgan fingerprint density at radius 3 is 2.95 bits per heavy atom. The highest BCUT2D eigenvalue weighted by molar-refractivity contribution is 7.19. The Hall–Kier alpha value is -1.79. The summed E-state index contributed by atoms with van der Waals surface area (Å²) in [4.78, 5) is 1.20. The van der Waals surface area contributed by atoms with E-state index in [0.717, 1.165) is 28.7 Å². The number of aromatic nitrogens is 3. The van der Waals surface area contributed by atoms with Gasteiger partial charge in [-0.15, -0.1) is 16.4 Å². The second-order valence-corrected chi connectivity index (χ2v) is 6.14. The first kappa shape index (κ1) is 14.2. The van der Waals surface area contributed by atoms with Crippen molar-refractivity contribution in [2.45, 2.75) is 19.4 Å². The normalized spacial score (nSPS) is 12.9. The third-order valence-electron chi connectivity index (χ3n) is 3.36. The highest BCUT2D eigenvalue weighted by Crippen LogP contribution is 2.31. The number of fused-ring (bicyclic) bond motifs is 1. The highest BCUT2D eigenvalue weighted by Gasteiger charge is 2.16. The highest BCUT2D eigenvalue weighted by atomic mass is 32.1. The molecule has 2 aromatic heterocycles. The Bertz CT molecular complexity index is 749. The molecule has 0 radical (unpaired) electrons. The minimum absolute atomic E-state index is 0.173. The van der Waals surface area contributed by atoms with E-state index in [1.54, 1.807) is 22.1 Å². The lowest BCUT2D eigenvalue weighted by Crippen LogP contribution is -2.22. The summed E-state index contributed by atoms with van der Waals surface area (Å²) < 4.78 is 16.0. The number of thiophene rings is 1. The molecule has 21 heavy (non-hydrogen) atoms. The van der Waals surface area contributed by atoms with Crippen molar-refractivity contribution in [2.75, 3.05) is 6.54 Å². The van der Waals surface area contributed by atoms with Crippen LogP contribution >= 0.6 is 11.3 Å². The molecule has 1 N–H and O–H groups in total. The Kier molecular flexibility index (Phi) is 3.98. The maximum Gasteiger partial charge on any atom is 0.124 e. The molecule has 1 aromatic carbocycles. The van der Waals surface area contributed by atoms with Crippen molar-refractivity contribution in [1.82, 2.24) is 20.3 Å². The van der Waals surface area contributed by atoms with Gasteiger partial charge in [0.2, 0.25) is 0 Å². The summed E-state index contributed by atoms with van der Waals surface area (Å²) in [7, 11) is 1.86. The van der Waals surface area contributed by atoms with Crippen LogP contribution in [0.4, 0.5) is 4.39 Å². The van der Waals surface area contributed by atoms with Gasteiger partial charge < -0.3 is 5.32 Å². The van der Waals surface area contributed by atoms with Crippen LogP contribution in [0.1, 0.15) is 23.5 Å². The molecule has 1 unspecified atom stereocenters. The molecule has 0 fully saturated rings. The van der Waals surface area contributed by atoms with Gasteiger partial charge in [-0.2, -0.15) is 0 Å².